The van der Waals surface area contributed by atoms with E-state index in [1.54, 1.807) is 23.9 Å². The highest BCUT2D eigenvalue weighted by molar-refractivity contribution is 7.99. The minimum Gasteiger partial charge on any atom is -0.457 e. The number of carbonyl (C=O) groups is 1. The summed E-state index contributed by atoms with van der Waals surface area (Å²) in [4.78, 5) is 13.3. The zero-order valence-corrected chi connectivity index (χ0v) is 12.7. The van der Waals surface area contributed by atoms with Crippen LogP contribution < -0.4 is 5.32 Å². The number of fused-ring (bicyclic) bond motifs is 1. The fourth-order valence-electron chi connectivity index (χ4n) is 2.28. The van der Waals surface area contributed by atoms with Gasteiger partial charge < -0.3 is 10.1 Å². The summed E-state index contributed by atoms with van der Waals surface area (Å²) in [5.41, 5.74) is 2.61. The molecule has 4 nitrogen and oxygen atoms in total. The molecular formula is C17H14N2O2S. The van der Waals surface area contributed by atoms with Gasteiger partial charge >= 0.3 is 5.97 Å². The summed E-state index contributed by atoms with van der Waals surface area (Å²) < 4.78 is 5.38. The van der Waals surface area contributed by atoms with Crippen LogP contribution in [0, 0.1) is 11.3 Å². The van der Waals surface area contributed by atoms with Crippen LogP contribution in [0.1, 0.15) is 21.5 Å². The van der Waals surface area contributed by atoms with Gasteiger partial charge in [-0.15, -0.1) is 11.8 Å². The van der Waals surface area contributed by atoms with Crippen molar-refractivity contribution in [2.24, 2.45) is 0 Å². The zero-order valence-electron chi connectivity index (χ0n) is 11.8. The number of hydrogen-bond acceptors (Lipinski definition) is 5. The Morgan fingerprint density at radius 1 is 1.32 bits per heavy atom. The molecule has 0 atom stereocenters. The van der Waals surface area contributed by atoms with Crippen molar-refractivity contribution in [1.82, 2.24) is 0 Å². The second kappa shape index (κ2) is 6.54. The Bertz CT molecular complexity index is 738. The molecule has 0 fully saturated rings. The first-order valence-corrected chi connectivity index (χ1v) is 7.92. The minimum atomic E-state index is -0.410. The molecule has 3 rings (SSSR count). The number of nitrogens with zero attached hydrogens (tertiary/aromatic N) is 1. The number of nitriles is 1. The van der Waals surface area contributed by atoms with E-state index in [9.17, 15) is 4.79 Å². The van der Waals surface area contributed by atoms with E-state index in [-0.39, 0.29) is 6.61 Å². The molecule has 2 aromatic rings. The highest BCUT2D eigenvalue weighted by Crippen LogP contribution is 2.35. The third kappa shape index (κ3) is 3.07. The van der Waals surface area contributed by atoms with Gasteiger partial charge in [-0.3, -0.25) is 0 Å². The quantitative estimate of drug-likeness (QED) is 0.880. The standard InChI is InChI=1S/C17H14N2O2S/c18-10-13-8-14(16-15(9-13)22-7-6-19-16)17(20)21-11-12-4-2-1-3-5-12/h1-5,8-9,19H,6-7,11H2. The third-order valence-corrected chi connectivity index (χ3v) is 4.37. The van der Waals surface area contributed by atoms with E-state index < -0.39 is 5.97 Å². The smallest absolute Gasteiger partial charge is 0.340 e. The summed E-state index contributed by atoms with van der Waals surface area (Å²) in [5, 5.41) is 12.4. The second-order valence-electron chi connectivity index (χ2n) is 4.85. The van der Waals surface area contributed by atoms with E-state index in [1.165, 1.54) is 0 Å². The van der Waals surface area contributed by atoms with Crippen LogP contribution in [0.4, 0.5) is 5.69 Å². The van der Waals surface area contributed by atoms with E-state index in [0.29, 0.717) is 11.1 Å². The van der Waals surface area contributed by atoms with Crippen molar-refractivity contribution in [2.45, 2.75) is 11.5 Å². The maximum atomic E-state index is 12.4. The SMILES string of the molecule is N#Cc1cc2c(c(C(=O)OCc3ccccc3)c1)NCCS2. The molecular weight excluding hydrogens is 296 g/mol. The van der Waals surface area contributed by atoms with Crippen molar-refractivity contribution < 1.29 is 9.53 Å². The van der Waals surface area contributed by atoms with Gasteiger partial charge in [-0.1, -0.05) is 30.3 Å². The van der Waals surface area contributed by atoms with Gasteiger partial charge in [0.25, 0.3) is 0 Å². The summed E-state index contributed by atoms with van der Waals surface area (Å²) in [6.45, 7) is 1.01. The maximum Gasteiger partial charge on any atom is 0.340 e. The summed E-state index contributed by atoms with van der Waals surface area (Å²) in [7, 11) is 0. The van der Waals surface area contributed by atoms with Gasteiger partial charge in [0, 0.05) is 17.2 Å². The Labute approximate surface area is 133 Å². The molecule has 110 valence electrons. The average molecular weight is 310 g/mol. The molecule has 0 aliphatic carbocycles. The third-order valence-electron chi connectivity index (χ3n) is 3.33. The van der Waals surface area contributed by atoms with Crippen LogP contribution in [0.15, 0.2) is 47.4 Å². The van der Waals surface area contributed by atoms with Crippen molar-refractivity contribution in [1.29, 1.82) is 5.26 Å². The number of nitrogens with one attached hydrogen (secondary N) is 1. The van der Waals surface area contributed by atoms with Crippen molar-refractivity contribution in [2.75, 3.05) is 17.6 Å². The number of carbonyl (C=O) groups excluding carboxylic acids is 1. The van der Waals surface area contributed by atoms with Crippen LogP contribution in [-0.2, 0) is 11.3 Å². The molecule has 5 heteroatoms. The molecule has 1 aliphatic rings. The van der Waals surface area contributed by atoms with E-state index in [1.807, 2.05) is 30.3 Å². The van der Waals surface area contributed by atoms with E-state index in [4.69, 9.17) is 10.00 Å². The predicted octanol–water partition coefficient (Wildman–Crippen LogP) is 3.43. The Hall–Kier alpha value is -2.45. The molecule has 0 saturated heterocycles. The minimum absolute atomic E-state index is 0.221. The number of ether oxygens (including phenoxy) is 1. The van der Waals surface area contributed by atoms with Gasteiger partial charge in [0.1, 0.15) is 6.61 Å². The molecule has 0 unspecified atom stereocenters. The van der Waals surface area contributed by atoms with Crippen molar-refractivity contribution in [3.63, 3.8) is 0 Å². The van der Waals surface area contributed by atoms with Crippen LogP contribution >= 0.6 is 11.8 Å². The van der Waals surface area contributed by atoms with Crippen molar-refractivity contribution in [3.8, 4) is 6.07 Å². The largest absolute Gasteiger partial charge is 0.457 e. The molecule has 0 radical (unpaired) electrons. The first kappa shape index (κ1) is 14.5. The Morgan fingerprint density at radius 3 is 2.91 bits per heavy atom. The summed E-state index contributed by atoms with van der Waals surface area (Å²) in [6.07, 6.45) is 0. The van der Waals surface area contributed by atoms with Crippen molar-refractivity contribution in [3.05, 3.63) is 59.2 Å². The van der Waals surface area contributed by atoms with Gasteiger partial charge in [0.2, 0.25) is 0 Å². The molecule has 1 aliphatic heterocycles. The fourth-order valence-corrected chi connectivity index (χ4v) is 3.24. The van der Waals surface area contributed by atoms with Crippen LogP contribution in [0.2, 0.25) is 0 Å². The summed E-state index contributed by atoms with van der Waals surface area (Å²) in [5.74, 6) is 0.507. The Balaban J connectivity index is 1.84. The van der Waals surface area contributed by atoms with Crippen LogP contribution in [0.5, 0.6) is 0 Å². The molecule has 0 bridgehead atoms. The van der Waals surface area contributed by atoms with Gasteiger partial charge in [0.15, 0.2) is 0 Å². The highest BCUT2D eigenvalue weighted by atomic mass is 32.2. The van der Waals surface area contributed by atoms with Crippen LogP contribution in [-0.4, -0.2) is 18.3 Å². The Kier molecular flexibility index (Phi) is 4.31. The topological polar surface area (TPSA) is 62.1 Å². The highest BCUT2D eigenvalue weighted by Gasteiger charge is 2.20. The molecule has 0 saturated carbocycles. The lowest BCUT2D eigenvalue weighted by atomic mass is 10.1. The van der Waals surface area contributed by atoms with Crippen LogP contribution in [0.25, 0.3) is 0 Å². The maximum absolute atomic E-state index is 12.4. The zero-order chi connectivity index (χ0) is 15.4. The molecule has 1 N–H and O–H groups in total. The van der Waals surface area contributed by atoms with Gasteiger partial charge in [-0.05, 0) is 17.7 Å². The summed E-state index contributed by atoms with van der Waals surface area (Å²) >= 11 is 1.64. The van der Waals surface area contributed by atoms with Gasteiger partial charge in [0.05, 0.1) is 22.9 Å². The molecule has 0 aromatic heterocycles. The molecule has 22 heavy (non-hydrogen) atoms. The fraction of sp³-hybridized carbons (Fsp3) is 0.176. The monoisotopic (exact) mass is 310 g/mol. The van der Waals surface area contributed by atoms with E-state index >= 15 is 0 Å². The lowest BCUT2D eigenvalue weighted by molar-refractivity contribution is 0.0473. The Morgan fingerprint density at radius 2 is 2.14 bits per heavy atom. The number of anilines is 1. The predicted molar refractivity (Wildman–Crippen MR) is 85.9 cm³/mol. The number of rotatable bonds is 3. The van der Waals surface area contributed by atoms with E-state index in [2.05, 4.69) is 11.4 Å². The number of hydrogen-bond donors (Lipinski definition) is 1. The average Bonchev–Trinajstić information content (AvgIpc) is 2.59. The molecule has 1 heterocycles. The normalized spacial score (nSPS) is 12.7. The lowest BCUT2D eigenvalue weighted by Gasteiger charge is -2.20. The molecule has 2 aromatic carbocycles. The first-order chi connectivity index (χ1) is 10.8. The first-order valence-electron chi connectivity index (χ1n) is 6.94. The number of benzene rings is 2. The molecule has 0 amide bonds. The number of esters is 1. The second-order valence-corrected chi connectivity index (χ2v) is 5.98. The van der Waals surface area contributed by atoms with Gasteiger partial charge in [-0.25, -0.2) is 4.79 Å². The van der Waals surface area contributed by atoms with Gasteiger partial charge in [-0.2, -0.15) is 5.26 Å². The molecule has 0 spiro atoms. The summed E-state index contributed by atoms with van der Waals surface area (Å²) in [6, 6.07) is 15.0. The lowest BCUT2D eigenvalue weighted by Crippen LogP contribution is -2.16. The number of thioether (sulfide) groups is 1. The van der Waals surface area contributed by atoms with E-state index in [0.717, 1.165) is 28.4 Å². The van der Waals surface area contributed by atoms with Crippen LogP contribution in [0.3, 0.4) is 0 Å². The van der Waals surface area contributed by atoms with Crippen molar-refractivity contribution >= 4 is 23.4 Å².